The molecule has 0 saturated carbocycles. The molecule has 7 nitrogen and oxygen atoms in total. The van der Waals surface area contributed by atoms with Crippen molar-refractivity contribution in [2.24, 2.45) is 0 Å². The van der Waals surface area contributed by atoms with Gasteiger partial charge in [-0.2, -0.15) is 0 Å². The van der Waals surface area contributed by atoms with Gasteiger partial charge in [-0.1, -0.05) is 29.5 Å². The second-order valence-electron chi connectivity index (χ2n) is 6.03. The lowest BCUT2D eigenvalue weighted by atomic mass is 10.2. The summed E-state index contributed by atoms with van der Waals surface area (Å²) in [5, 5.41) is 0. The van der Waals surface area contributed by atoms with Crippen LogP contribution < -0.4 is 19.6 Å². The molecule has 0 unspecified atom stereocenters. The second-order valence-corrected chi connectivity index (χ2v) is 7.04. The molecule has 8 heteroatoms. The lowest BCUT2D eigenvalue weighted by Gasteiger charge is -2.09. The van der Waals surface area contributed by atoms with Crippen molar-refractivity contribution in [3.8, 4) is 11.5 Å². The van der Waals surface area contributed by atoms with Gasteiger partial charge in [0.15, 0.2) is 16.5 Å². The summed E-state index contributed by atoms with van der Waals surface area (Å²) in [5.41, 5.74) is 1.97. The minimum Gasteiger partial charge on any atom is -0.423 e. The Hall–Kier alpha value is -3.52. The van der Waals surface area contributed by atoms with E-state index in [0.29, 0.717) is 15.1 Å². The number of hydrogen-bond acceptors (Lipinski definition) is 7. The minimum absolute atomic E-state index is 0.107. The number of nitrogens with zero attached hydrogens (tertiary/aromatic N) is 2. The van der Waals surface area contributed by atoms with Gasteiger partial charge in [0.05, 0.1) is 15.6 Å². The lowest BCUT2D eigenvalue weighted by Crippen LogP contribution is -2.22. The van der Waals surface area contributed by atoms with Gasteiger partial charge in [-0.15, -0.1) is 0 Å². The summed E-state index contributed by atoms with van der Waals surface area (Å²) in [6, 6.07) is 12.2. The van der Waals surface area contributed by atoms with Crippen molar-refractivity contribution in [2.75, 3.05) is 0 Å². The van der Waals surface area contributed by atoms with Gasteiger partial charge in [-0.25, -0.2) is 9.38 Å². The third-order valence-corrected chi connectivity index (χ3v) is 4.89. The predicted molar refractivity (Wildman–Crippen MR) is 105 cm³/mol. The number of thiazole rings is 1. The summed E-state index contributed by atoms with van der Waals surface area (Å²) in [6.45, 7) is 2.51. The van der Waals surface area contributed by atoms with E-state index in [0.717, 1.165) is 11.0 Å². The highest BCUT2D eigenvalue weighted by molar-refractivity contribution is 7.15. The second kappa shape index (κ2) is 6.90. The first-order valence-corrected chi connectivity index (χ1v) is 9.16. The van der Waals surface area contributed by atoms with Crippen molar-refractivity contribution in [3.05, 3.63) is 62.9 Å². The zero-order valence-corrected chi connectivity index (χ0v) is 15.8. The number of esters is 2. The Morgan fingerprint density at radius 2 is 1.75 bits per heavy atom. The molecule has 0 saturated heterocycles. The number of carbonyl (C=O) groups excluding carboxylic acids is 2. The standard InChI is InChI=1S/C20H14N2O5S/c1-11(23)26-16-8-7-13(9-17(16)27-12(2)24)10-18-19(25)22-15-6-4-3-5-14(15)21-20(22)28-18/h3-10H,1-2H3. The highest BCUT2D eigenvalue weighted by Gasteiger charge is 2.13. The van der Waals surface area contributed by atoms with Gasteiger partial charge in [-0.3, -0.25) is 14.4 Å². The van der Waals surface area contributed by atoms with Crippen molar-refractivity contribution >= 4 is 45.3 Å². The molecule has 0 amide bonds. The zero-order chi connectivity index (χ0) is 19.8. The molecule has 0 fully saturated rings. The number of hydrogen-bond donors (Lipinski definition) is 0. The number of imidazole rings is 1. The van der Waals surface area contributed by atoms with E-state index >= 15 is 0 Å². The third-order valence-electron chi connectivity index (χ3n) is 3.92. The van der Waals surface area contributed by atoms with E-state index in [1.165, 1.54) is 31.3 Å². The van der Waals surface area contributed by atoms with Crippen LogP contribution in [0, 0.1) is 0 Å². The third kappa shape index (κ3) is 3.25. The molecular formula is C20H14N2O5S. The molecule has 0 spiro atoms. The Labute approximate surface area is 162 Å². The molecule has 0 atom stereocenters. The van der Waals surface area contributed by atoms with Crippen LogP contribution in [0.1, 0.15) is 19.4 Å². The Bertz CT molecular complexity index is 1350. The maximum Gasteiger partial charge on any atom is 0.308 e. The van der Waals surface area contributed by atoms with Crippen LogP contribution >= 0.6 is 11.3 Å². The number of carbonyl (C=O) groups is 2. The van der Waals surface area contributed by atoms with Gasteiger partial charge in [0.25, 0.3) is 5.56 Å². The van der Waals surface area contributed by atoms with Gasteiger partial charge in [0.1, 0.15) is 0 Å². The van der Waals surface area contributed by atoms with E-state index < -0.39 is 11.9 Å². The molecule has 0 aliphatic rings. The Kier molecular flexibility index (Phi) is 4.40. The van der Waals surface area contributed by atoms with Crippen LogP contribution in [0.15, 0.2) is 47.3 Å². The Morgan fingerprint density at radius 1 is 1.04 bits per heavy atom. The molecule has 28 heavy (non-hydrogen) atoms. The Balaban J connectivity index is 1.84. The first-order valence-electron chi connectivity index (χ1n) is 8.35. The maximum absolute atomic E-state index is 12.8. The summed E-state index contributed by atoms with van der Waals surface area (Å²) in [5.74, 6) is -0.834. The van der Waals surface area contributed by atoms with E-state index in [2.05, 4.69) is 4.98 Å². The molecule has 140 valence electrons. The van der Waals surface area contributed by atoms with E-state index in [4.69, 9.17) is 9.47 Å². The molecule has 2 aromatic carbocycles. The molecule has 0 bridgehead atoms. The quantitative estimate of drug-likeness (QED) is 0.391. The fraction of sp³-hybridized carbons (Fsp3) is 0.100. The molecule has 0 N–H and O–H groups in total. The highest BCUT2D eigenvalue weighted by Crippen LogP contribution is 2.29. The number of para-hydroxylation sites is 2. The highest BCUT2D eigenvalue weighted by atomic mass is 32.1. The van der Waals surface area contributed by atoms with Crippen molar-refractivity contribution in [2.45, 2.75) is 13.8 Å². The van der Waals surface area contributed by atoms with Crippen LogP contribution in [0.25, 0.3) is 22.1 Å². The number of rotatable bonds is 3. The first kappa shape index (κ1) is 17.9. The van der Waals surface area contributed by atoms with Crippen molar-refractivity contribution in [1.29, 1.82) is 0 Å². The number of ether oxygens (including phenoxy) is 2. The van der Waals surface area contributed by atoms with Crippen LogP contribution in [0.2, 0.25) is 0 Å². The molecule has 2 heterocycles. The molecule has 0 aliphatic carbocycles. The number of benzene rings is 2. The van der Waals surface area contributed by atoms with Crippen LogP contribution in [0.3, 0.4) is 0 Å². The van der Waals surface area contributed by atoms with Gasteiger partial charge < -0.3 is 9.47 Å². The smallest absolute Gasteiger partial charge is 0.308 e. The van der Waals surface area contributed by atoms with E-state index in [1.807, 2.05) is 24.3 Å². The fourth-order valence-electron chi connectivity index (χ4n) is 2.85. The average Bonchev–Trinajstić information content (AvgIpc) is 3.13. The monoisotopic (exact) mass is 394 g/mol. The molecule has 4 aromatic rings. The summed E-state index contributed by atoms with van der Waals surface area (Å²) in [7, 11) is 0. The van der Waals surface area contributed by atoms with Crippen LogP contribution in [-0.4, -0.2) is 21.3 Å². The van der Waals surface area contributed by atoms with Crippen LogP contribution in [0.5, 0.6) is 11.5 Å². The zero-order valence-electron chi connectivity index (χ0n) is 15.0. The van der Waals surface area contributed by atoms with E-state index in [1.54, 1.807) is 22.6 Å². The summed E-state index contributed by atoms with van der Waals surface area (Å²) in [4.78, 5) is 40.5. The van der Waals surface area contributed by atoms with Gasteiger partial charge in [-0.05, 0) is 35.9 Å². The van der Waals surface area contributed by atoms with Gasteiger partial charge in [0.2, 0.25) is 0 Å². The molecule has 4 rings (SSSR count). The van der Waals surface area contributed by atoms with Gasteiger partial charge in [0, 0.05) is 13.8 Å². The minimum atomic E-state index is -0.545. The van der Waals surface area contributed by atoms with E-state index in [9.17, 15) is 14.4 Å². The van der Waals surface area contributed by atoms with Gasteiger partial charge >= 0.3 is 11.9 Å². The summed E-state index contributed by atoms with van der Waals surface area (Å²) in [6.07, 6.45) is 1.68. The molecule has 0 radical (unpaired) electrons. The van der Waals surface area contributed by atoms with E-state index in [-0.39, 0.29) is 17.1 Å². The normalized spacial score (nSPS) is 11.9. The predicted octanol–water partition coefficient (Wildman–Crippen LogP) is 2.31. The molecule has 2 aromatic heterocycles. The van der Waals surface area contributed by atoms with Crippen molar-refractivity contribution in [1.82, 2.24) is 9.38 Å². The van der Waals surface area contributed by atoms with Crippen LogP contribution in [-0.2, 0) is 9.59 Å². The van der Waals surface area contributed by atoms with Crippen molar-refractivity contribution in [3.63, 3.8) is 0 Å². The summed E-state index contributed by atoms with van der Waals surface area (Å²) >= 11 is 1.27. The first-order chi connectivity index (χ1) is 13.4. The SMILES string of the molecule is CC(=O)Oc1ccc(C=c2sc3nc4ccccc4n3c2=O)cc1OC(C)=O. The topological polar surface area (TPSA) is 87.0 Å². The largest absolute Gasteiger partial charge is 0.423 e. The molecule has 0 aliphatic heterocycles. The summed E-state index contributed by atoms with van der Waals surface area (Å²) < 4.78 is 12.2. The average molecular weight is 394 g/mol. The Morgan fingerprint density at radius 3 is 2.50 bits per heavy atom. The van der Waals surface area contributed by atoms with Crippen LogP contribution in [0.4, 0.5) is 0 Å². The van der Waals surface area contributed by atoms with Crippen molar-refractivity contribution < 1.29 is 19.1 Å². The molecular weight excluding hydrogens is 380 g/mol. The number of aromatic nitrogens is 2. The lowest BCUT2D eigenvalue weighted by molar-refractivity contribution is -0.134. The fourth-order valence-corrected chi connectivity index (χ4v) is 3.84. The maximum atomic E-state index is 12.8. The number of fused-ring (bicyclic) bond motifs is 3.